The Labute approximate surface area is 81.0 Å². The van der Waals surface area contributed by atoms with Gasteiger partial charge in [-0.15, -0.1) is 0 Å². The Bertz CT molecular complexity index is 410. The van der Waals surface area contributed by atoms with Gasteiger partial charge in [-0.05, 0) is 0 Å². The zero-order chi connectivity index (χ0) is 10.7. The van der Waals surface area contributed by atoms with Gasteiger partial charge in [-0.25, -0.2) is 0 Å². The fourth-order valence-electron chi connectivity index (χ4n) is 1.06. The molecule has 0 fully saturated rings. The minimum Gasteiger partial charge on any atom is -0.359 e. The maximum atomic E-state index is 11.1. The molecule has 0 aliphatic heterocycles. The van der Waals surface area contributed by atoms with Crippen LogP contribution in [0.4, 0.5) is 11.8 Å². The first-order chi connectivity index (χ1) is 6.54. The van der Waals surface area contributed by atoms with Gasteiger partial charge in [-0.3, -0.25) is 9.59 Å². The van der Waals surface area contributed by atoms with E-state index in [1.54, 1.807) is 18.7 Å². The predicted molar refractivity (Wildman–Crippen MR) is 53.3 cm³/mol. The van der Waals surface area contributed by atoms with Crippen LogP contribution in [0.2, 0.25) is 0 Å². The van der Waals surface area contributed by atoms with Crippen molar-refractivity contribution in [1.82, 2.24) is 9.55 Å². The lowest BCUT2D eigenvalue weighted by molar-refractivity contribution is -0.114. The van der Waals surface area contributed by atoms with E-state index >= 15 is 0 Å². The Balaban J connectivity index is 3.22. The van der Waals surface area contributed by atoms with E-state index < -0.39 is 5.56 Å². The quantitative estimate of drug-likeness (QED) is 0.685. The van der Waals surface area contributed by atoms with Crippen LogP contribution in [0.25, 0.3) is 0 Å². The Hall–Kier alpha value is -1.85. The number of carbonyl (C=O) groups is 1. The Morgan fingerprint density at radius 3 is 2.71 bits per heavy atom. The Kier molecular flexibility index (Phi) is 2.85. The lowest BCUT2D eigenvalue weighted by Gasteiger charge is -2.11. The maximum Gasteiger partial charge on any atom is 0.276 e. The monoisotopic (exact) mass is 196 g/mol. The van der Waals surface area contributed by atoms with Crippen molar-refractivity contribution in [1.29, 1.82) is 0 Å². The molecule has 0 radical (unpaired) electrons. The van der Waals surface area contributed by atoms with Gasteiger partial charge >= 0.3 is 0 Å². The average Bonchev–Trinajstić information content (AvgIpc) is 2.09. The molecule has 76 valence electrons. The summed E-state index contributed by atoms with van der Waals surface area (Å²) in [5.41, 5.74) is -0.392. The molecule has 0 saturated heterocycles. The van der Waals surface area contributed by atoms with E-state index in [0.717, 1.165) is 0 Å². The third kappa shape index (κ3) is 2.09. The molecule has 1 aromatic heterocycles. The second-order valence-corrected chi connectivity index (χ2v) is 2.79. The molecule has 0 spiro atoms. The smallest absolute Gasteiger partial charge is 0.276 e. The molecule has 1 amide bonds. The van der Waals surface area contributed by atoms with Crippen molar-refractivity contribution in [3.05, 3.63) is 16.4 Å². The van der Waals surface area contributed by atoms with Crippen molar-refractivity contribution in [3.63, 3.8) is 0 Å². The average molecular weight is 196 g/mol. The van der Waals surface area contributed by atoms with E-state index in [9.17, 15) is 9.59 Å². The van der Waals surface area contributed by atoms with Crippen LogP contribution in [0.3, 0.4) is 0 Å². The highest BCUT2D eigenvalue weighted by molar-refractivity contribution is 5.87. The molecule has 1 heterocycles. The summed E-state index contributed by atoms with van der Waals surface area (Å²) in [6.07, 6.45) is 0. The van der Waals surface area contributed by atoms with Crippen molar-refractivity contribution >= 4 is 17.7 Å². The zero-order valence-corrected chi connectivity index (χ0v) is 8.29. The summed E-state index contributed by atoms with van der Waals surface area (Å²) in [6, 6.07) is 1.27. The molecule has 0 saturated carbocycles. The number of hydrogen-bond donors (Lipinski definition) is 2. The fourth-order valence-corrected chi connectivity index (χ4v) is 1.06. The minimum atomic E-state index is -0.392. The van der Waals surface area contributed by atoms with Crippen molar-refractivity contribution in [3.8, 4) is 0 Å². The molecule has 1 rings (SSSR count). The molecule has 0 aliphatic rings. The van der Waals surface area contributed by atoms with Gasteiger partial charge in [0.15, 0.2) is 0 Å². The second kappa shape index (κ2) is 3.91. The summed E-state index contributed by atoms with van der Waals surface area (Å²) in [7, 11) is 3.35. The molecule has 2 N–H and O–H groups in total. The normalized spacial score (nSPS) is 9.64. The van der Waals surface area contributed by atoms with Crippen LogP contribution < -0.4 is 16.2 Å². The number of nitrogens with zero attached hydrogens (tertiary/aromatic N) is 2. The number of hydrogen-bond acceptors (Lipinski definition) is 4. The zero-order valence-electron chi connectivity index (χ0n) is 8.29. The topological polar surface area (TPSA) is 76.0 Å². The molecular formula is C8H12N4O2. The Morgan fingerprint density at radius 1 is 1.57 bits per heavy atom. The summed E-state index contributed by atoms with van der Waals surface area (Å²) in [5, 5.41) is 5.28. The molecule has 6 heteroatoms. The van der Waals surface area contributed by atoms with Crippen molar-refractivity contribution in [2.75, 3.05) is 17.7 Å². The van der Waals surface area contributed by atoms with E-state index in [4.69, 9.17) is 0 Å². The van der Waals surface area contributed by atoms with Crippen LogP contribution in [-0.4, -0.2) is 22.5 Å². The maximum absolute atomic E-state index is 11.1. The number of aromatic nitrogens is 2. The number of carbonyl (C=O) groups excluding carboxylic acids is 1. The number of amides is 1. The highest BCUT2D eigenvalue weighted by Gasteiger charge is 2.05. The molecule has 1 aromatic rings. The summed E-state index contributed by atoms with van der Waals surface area (Å²) >= 11 is 0. The largest absolute Gasteiger partial charge is 0.359 e. The summed E-state index contributed by atoms with van der Waals surface area (Å²) in [6.45, 7) is 1.38. The first-order valence-electron chi connectivity index (χ1n) is 4.08. The van der Waals surface area contributed by atoms with Crippen LogP contribution in [-0.2, 0) is 11.8 Å². The molecule has 14 heavy (non-hydrogen) atoms. The first-order valence-corrected chi connectivity index (χ1v) is 4.08. The van der Waals surface area contributed by atoms with Crippen LogP contribution in [0.5, 0.6) is 0 Å². The lowest BCUT2D eigenvalue weighted by atomic mass is 10.5. The summed E-state index contributed by atoms with van der Waals surface area (Å²) in [4.78, 5) is 25.6. The molecule has 0 aliphatic carbocycles. The van der Waals surface area contributed by atoms with Gasteiger partial charge in [-0.2, -0.15) is 4.98 Å². The van der Waals surface area contributed by atoms with Gasteiger partial charge in [0.25, 0.3) is 5.56 Å². The third-order valence-electron chi connectivity index (χ3n) is 1.68. The van der Waals surface area contributed by atoms with Crippen LogP contribution in [0.1, 0.15) is 6.92 Å². The van der Waals surface area contributed by atoms with Gasteiger partial charge in [0.05, 0.1) is 0 Å². The van der Waals surface area contributed by atoms with Crippen molar-refractivity contribution in [2.24, 2.45) is 7.05 Å². The number of anilines is 2. The summed E-state index contributed by atoms with van der Waals surface area (Å²) < 4.78 is 1.59. The fraction of sp³-hybridized carbons (Fsp3) is 0.375. The predicted octanol–water partition coefficient (Wildman–Crippen LogP) is -0.220. The van der Waals surface area contributed by atoms with E-state index in [1.165, 1.54) is 13.0 Å². The molecule has 0 atom stereocenters. The minimum absolute atomic E-state index is 0.228. The molecule has 0 unspecified atom stereocenters. The SMILES string of the molecule is CNc1nc(=O)cc(NC(C)=O)n1C. The molecule has 0 bridgehead atoms. The Morgan fingerprint density at radius 2 is 2.21 bits per heavy atom. The molecular weight excluding hydrogens is 184 g/mol. The van der Waals surface area contributed by atoms with Gasteiger partial charge < -0.3 is 15.2 Å². The third-order valence-corrected chi connectivity index (χ3v) is 1.68. The van der Waals surface area contributed by atoms with Crippen LogP contribution in [0.15, 0.2) is 10.9 Å². The van der Waals surface area contributed by atoms with Gasteiger partial charge in [-0.1, -0.05) is 0 Å². The number of nitrogens with one attached hydrogen (secondary N) is 2. The lowest BCUT2D eigenvalue weighted by Crippen LogP contribution is -2.20. The van der Waals surface area contributed by atoms with Crippen molar-refractivity contribution < 1.29 is 4.79 Å². The van der Waals surface area contributed by atoms with Crippen LogP contribution in [0, 0.1) is 0 Å². The summed E-state index contributed by atoms with van der Waals surface area (Å²) in [5.74, 6) is 0.594. The van der Waals surface area contributed by atoms with Gasteiger partial charge in [0.2, 0.25) is 11.9 Å². The van der Waals surface area contributed by atoms with E-state index in [1.807, 2.05) is 0 Å². The van der Waals surface area contributed by atoms with E-state index in [2.05, 4.69) is 15.6 Å². The molecule has 0 aromatic carbocycles. The molecule has 6 nitrogen and oxygen atoms in total. The van der Waals surface area contributed by atoms with Crippen molar-refractivity contribution in [2.45, 2.75) is 6.92 Å². The number of rotatable bonds is 2. The van der Waals surface area contributed by atoms with E-state index in [0.29, 0.717) is 11.8 Å². The standard InChI is InChI=1S/C8H12N4O2/c1-5(13)10-6-4-7(14)11-8(9-2)12(6)3/h4H,1-3H3,(H,10,13)(H,9,11,14). The highest BCUT2D eigenvalue weighted by atomic mass is 16.1. The highest BCUT2D eigenvalue weighted by Crippen LogP contribution is 2.07. The first kappa shape index (κ1) is 10.2. The van der Waals surface area contributed by atoms with Crippen LogP contribution >= 0.6 is 0 Å². The van der Waals surface area contributed by atoms with Gasteiger partial charge in [0, 0.05) is 27.1 Å². The van der Waals surface area contributed by atoms with Gasteiger partial charge in [0.1, 0.15) is 5.82 Å². The second-order valence-electron chi connectivity index (χ2n) is 2.79. The van der Waals surface area contributed by atoms with E-state index in [-0.39, 0.29) is 5.91 Å².